The van der Waals surface area contributed by atoms with Gasteiger partial charge in [0.05, 0.1) is 5.92 Å². The number of halogens is 1. The minimum absolute atomic E-state index is 0.0739. The number of aryl methyl sites for hydroxylation is 1. The summed E-state index contributed by atoms with van der Waals surface area (Å²) in [5.41, 5.74) is 7.28. The van der Waals surface area contributed by atoms with E-state index in [2.05, 4.69) is 26.4 Å². The Morgan fingerprint density at radius 1 is 1.53 bits per heavy atom. The first-order chi connectivity index (χ1) is 9.03. The van der Waals surface area contributed by atoms with Gasteiger partial charge in [0.25, 0.3) is 0 Å². The number of nitrogens with two attached hydrogens (primary N) is 1. The smallest absolute Gasteiger partial charge is 0.235 e. The Morgan fingerprint density at radius 2 is 2.21 bits per heavy atom. The van der Waals surface area contributed by atoms with Gasteiger partial charge in [-0.05, 0) is 36.6 Å². The van der Waals surface area contributed by atoms with Crippen molar-refractivity contribution in [2.24, 2.45) is 16.8 Å². The number of benzene rings is 1. The van der Waals surface area contributed by atoms with E-state index in [4.69, 9.17) is 10.9 Å². The monoisotopic (exact) mass is 327 g/mol. The maximum atomic E-state index is 12.1. The number of carbonyl (C=O) groups excluding carboxylic acids is 1. The van der Waals surface area contributed by atoms with Crippen LogP contribution in [0.2, 0.25) is 0 Å². The summed E-state index contributed by atoms with van der Waals surface area (Å²) < 4.78 is 0.964. The van der Waals surface area contributed by atoms with Crippen molar-refractivity contribution in [2.45, 2.75) is 26.7 Å². The Kier molecular flexibility index (Phi) is 5.82. The van der Waals surface area contributed by atoms with Crippen molar-refractivity contribution in [2.75, 3.05) is 5.32 Å². The first-order valence-electron chi connectivity index (χ1n) is 6.10. The molecule has 1 rings (SSSR count). The SMILES string of the molecule is CCc1cc(Br)ccc1NC(=O)C(CC)/C(N)=N/O. The van der Waals surface area contributed by atoms with Crippen LogP contribution in [0.5, 0.6) is 0 Å². The molecule has 5 nitrogen and oxygen atoms in total. The first-order valence-corrected chi connectivity index (χ1v) is 6.89. The third-order valence-corrected chi connectivity index (χ3v) is 3.40. The lowest BCUT2D eigenvalue weighted by atomic mass is 10.0. The molecule has 1 aromatic rings. The van der Waals surface area contributed by atoms with Crippen LogP contribution in [0.3, 0.4) is 0 Å². The van der Waals surface area contributed by atoms with E-state index in [-0.39, 0.29) is 11.7 Å². The maximum absolute atomic E-state index is 12.1. The van der Waals surface area contributed by atoms with E-state index in [1.807, 2.05) is 32.0 Å². The van der Waals surface area contributed by atoms with Crippen LogP contribution in [0.15, 0.2) is 27.8 Å². The van der Waals surface area contributed by atoms with Gasteiger partial charge in [-0.2, -0.15) is 0 Å². The van der Waals surface area contributed by atoms with E-state index in [9.17, 15) is 4.79 Å². The first kappa shape index (κ1) is 15.5. The molecular weight excluding hydrogens is 310 g/mol. The summed E-state index contributed by atoms with van der Waals surface area (Å²) in [6, 6.07) is 5.65. The van der Waals surface area contributed by atoms with E-state index in [0.29, 0.717) is 6.42 Å². The van der Waals surface area contributed by atoms with Crippen molar-refractivity contribution in [3.05, 3.63) is 28.2 Å². The van der Waals surface area contributed by atoms with Crippen molar-refractivity contribution in [3.8, 4) is 0 Å². The predicted octanol–water partition coefficient (Wildman–Crippen LogP) is 2.72. The highest BCUT2D eigenvalue weighted by atomic mass is 79.9. The Balaban J connectivity index is 2.93. The highest BCUT2D eigenvalue weighted by Gasteiger charge is 2.21. The zero-order valence-electron chi connectivity index (χ0n) is 11.0. The van der Waals surface area contributed by atoms with Crippen molar-refractivity contribution in [1.82, 2.24) is 0 Å². The summed E-state index contributed by atoms with van der Waals surface area (Å²) in [7, 11) is 0. The highest BCUT2D eigenvalue weighted by molar-refractivity contribution is 9.10. The molecule has 0 aliphatic heterocycles. The van der Waals surface area contributed by atoms with Crippen LogP contribution in [0, 0.1) is 5.92 Å². The van der Waals surface area contributed by atoms with Gasteiger partial charge in [0.15, 0.2) is 5.84 Å². The summed E-state index contributed by atoms with van der Waals surface area (Å²) in [5, 5.41) is 14.4. The summed E-state index contributed by atoms with van der Waals surface area (Å²) >= 11 is 3.40. The van der Waals surface area contributed by atoms with Crippen LogP contribution in [-0.2, 0) is 11.2 Å². The molecule has 0 aliphatic carbocycles. The minimum atomic E-state index is -0.627. The molecule has 0 saturated carbocycles. The molecule has 0 saturated heterocycles. The van der Waals surface area contributed by atoms with Crippen LogP contribution in [0.1, 0.15) is 25.8 Å². The van der Waals surface area contributed by atoms with Gasteiger partial charge < -0.3 is 16.3 Å². The maximum Gasteiger partial charge on any atom is 0.235 e. The molecule has 1 amide bonds. The Labute approximate surface area is 121 Å². The molecule has 1 atom stereocenters. The number of oxime groups is 1. The molecule has 0 spiro atoms. The normalized spacial score (nSPS) is 13.1. The van der Waals surface area contributed by atoms with E-state index < -0.39 is 5.92 Å². The Hall–Kier alpha value is -1.56. The van der Waals surface area contributed by atoms with Gasteiger partial charge in [-0.15, -0.1) is 0 Å². The van der Waals surface area contributed by atoms with E-state index >= 15 is 0 Å². The lowest BCUT2D eigenvalue weighted by Gasteiger charge is -2.15. The van der Waals surface area contributed by atoms with Crippen LogP contribution in [-0.4, -0.2) is 17.0 Å². The zero-order chi connectivity index (χ0) is 14.4. The average molecular weight is 328 g/mol. The molecule has 1 aromatic carbocycles. The van der Waals surface area contributed by atoms with Crippen molar-refractivity contribution >= 4 is 33.4 Å². The van der Waals surface area contributed by atoms with E-state index in [1.54, 1.807) is 0 Å². The largest absolute Gasteiger partial charge is 0.409 e. The van der Waals surface area contributed by atoms with Gasteiger partial charge >= 0.3 is 0 Å². The minimum Gasteiger partial charge on any atom is -0.409 e. The fourth-order valence-electron chi connectivity index (χ4n) is 1.80. The van der Waals surface area contributed by atoms with Gasteiger partial charge in [-0.3, -0.25) is 4.79 Å². The quantitative estimate of drug-likeness (QED) is 0.336. The van der Waals surface area contributed by atoms with E-state index in [0.717, 1.165) is 22.1 Å². The zero-order valence-corrected chi connectivity index (χ0v) is 12.6. The predicted molar refractivity (Wildman–Crippen MR) is 79.3 cm³/mol. The van der Waals surface area contributed by atoms with Crippen molar-refractivity contribution < 1.29 is 10.0 Å². The number of amides is 1. The van der Waals surface area contributed by atoms with Gasteiger partial charge in [-0.1, -0.05) is 34.9 Å². The molecule has 1 unspecified atom stereocenters. The lowest BCUT2D eigenvalue weighted by molar-refractivity contribution is -0.118. The molecule has 0 aromatic heterocycles. The summed E-state index contributed by atoms with van der Waals surface area (Å²) in [6.07, 6.45) is 1.27. The van der Waals surface area contributed by atoms with E-state index in [1.165, 1.54) is 0 Å². The second-order valence-corrected chi connectivity index (χ2v) is 5.05. The van der Waals surface area contributed by atoms with Crippen LogP contribution >= 0.6 is 15.9 Å². The Bertz CT molecular complexity index is 489. The molecule has 104 valence electrons. The second kappa shape index (κ2) is 7.13. The summed E-state index contributed by atoms with van der Waals surface area (Å²) in [5.74, 6) is -0.969. The number of carbonyl (C=O) groups is 1. The van der Waals surface area contributed by atoms with Gasteiger partial charge in [0.1, 0.15) is 0 Å². The van der Waals surface area contributed by atoms with Crippen LogP contribution < -0.4 is 11.1 Å². The summed E-state index contributed by atoms with van der Waals surface area (Å²) in [4.78, 5) is 12.1. The number of amidine groups is 1. The second-order valence-electron chi connectivity index (χ2n) is 4.13. The number of nitrogens with zero attached hydrogens (tertiary/aromatic N) is 1. The van der Waals surface area contributed by atoms with Gasteiger partial charge in [-0.25, -0.2) is 0 Å². The molecule has 6 heteroatoms. The standard InChI is InChI=1S/C13H18BrN3O2/c1-3-8-7-9(14)5-6-11(8)16-13(18)10(4-2)12(15)17-19/h5-7,10,19H,3-4H2,1-2H3,(H2,15,17)(H,16,18). The number of hydrogen-bond donors (Lipinski definition) is 3. The molecule has 0 bridgehead atoms. The molecule has 0 heterocycles. The fraction of sp³-hybridized carbons (Fsp3) is 0.385. The molecule has 19 heavy (non-hydrogen) atoms. The van der Waals surface area contributed by atoms with Crippen molar-refractivity contribution in [1.29, 1.82) is 0 Å². The highest BCUT2D eigenvalue weighted by Crippen LogP contribution is 2.22. The molecule has 0 fully saturated rings. The topological polar surface area (TPSA) is 87.7 Å². The number of nitrogens with one attached hydrogen (secondary N) is 1. The average Bonchev–Trinajstić information content (AvgIpc) is 2.41. The van der Waals surface area contributed by atoms with Gasteiger partial charge in [0.2, 0.25) is 5.91 Å². The number of anilines is 1. The summed E-state index contributed by atoms with van der Waals surface area (Å²) in [6.45, 7) is 3.82. The molecule has 4 N–H and O–H groups in total. The molecular formula is C13H18BrN3O2. The fourth-order valence-corrected chi connectivity index (χ4v) is 2.20. The third-order valence-electron chi connectivity index (χ3n) is 2.90. The lowest BCUT2D eigenvalue weighted by Crippen LogP contribution is -2.34. The van der Waals surface area contributed by atoms with Gasteiger partial charge in [0, 0.05) is 10.2 Å². The Morgan fingerprint density at radius 3 is 2.74 bits per heavy atom. The van der Waals surface area contributed by atoms with Crippen LogP contribution in [0.4, 0.5) is 5.69 Å². The number of hydrogen-bond acceptors (Lipinski definition) is 3. The van der Waals surface area contributed by atoms with Crippen LogP contribution in [0.25, 0.3) is 0 Å². The number of rotatable bonds is 5. The van der Waals surface area contributed by atoms with Crippen molar-refractivity contribution in [3.63, 3.8) is 0 Å². The molecule has 0 aliphatic rings. The third kappa shape index (κ3) is 3.96. The molecule has 0 radical (unpaired) electrons.